The molecular weight excluding hydrogens is 311 g/mol. The summed E-state index contributed by atoms with van der Waals surface area (Å²) >= 11 is 7.30. The minimum Gasteiger partial charge on any atom is -0.480 e. The van der Waals surface area contributed by atoms with Crippen LogP contribution in [0.1, 0.15) is 29.9 Å². The minimum absolute atomic E-state index is 0.0763. The fourth-order valence-electron chi connectivity index (χ4n) is 1.85. The Morgan fingerprint density at radius 2 is 2.19 bits per heavy atom. The largest absolute Gasteiger partial charge is 0.480 e. The second-order valence-corrected chi connectivity index (χ2v) is 6.26. The smallest absolute Gasteiger partial charge is 0.166 e. The van der Waals surface area contributed by atoms with E-state index in [0.29, 0.717) is 10.8 Å². The molecule has 0 fully saturated rings. The van der Waals surface area contributed by atoms with E-state index >= 15 is 0 Å². The molecule has 1 aromatic heterocycles. The van der Waals surface area contributed by atoms with Gasteiger partial charge in [-0.15, -0.1) is 11.3 Å². The van der Waals surface area contributed by atoms with E-state index in [9.17, 15) is 4.39 Å². The fourth-order valence-corrected chi connectivity index (χ4v) is 3.02. The van der Waals surface area contributed by atoms with Crippen LogP contribution in [0.4, 0.5) is 4.39 Å². The van der Waals surface area contributed by atoms with E-state index in [1.165, 1.54) is 23.5 Å². The Kier molecular flexibility index (Phi) is 5.18. The fraction of sp³-hybridized carbons (Fsp3) is 0.267. The number of hydrogen-bond donors (Lipinski definition) is 1. The lowest BCUT2D eigenvalue weighted by Gasteiger charge is -2.23. The van der Waals surface area contributed by atoms with Crippen molar-refractivity contribution in [3.63, 3.8) is 0 Å². The SMILES string of the molecule is CCC(N)C(Oc1ccc(C#N)cc1F)c1ccc(Cl)s1. The zero-order chi connectivity index (χ0) is 15.4. The number of nitrogens with two attached hydrogens (primary N) is 1. The standard InChI is InChI=1S/C15H14ClFN2OS/c1-2-11(19)15(13-5-6-14(16)21-13)20-12-4-3-9(8-18)7-10(12)17/h3-7,11,15H,2,19H2,1H3. The van der Waals surface area contributed by atoms with Crippen molar-refractivity contribution < 1.29 is 9.13 Å². The number of thiophene rings is 1. The predicted molar refractivity (Wildman–Crippen MR) is 82.1 cm³/mol. The van der Waals surface area contributed by atoms with E-state index in [0.717, 1.165) is 10.9 Å². The monoisotopic (exact) mass is 324 g/mol. The van der Waals surface area contributed by atoms with Crippen LogP contribution < -0.4 is 10.5 Å². The third-order valence-corrected chi connectivity index (χ3v) is 4.34. The molecule has 0 spiro atoms. The van der Waals surface area contributed by atoms with Gasteiger partial charge in [0.2, 0.25) is 0 Å². The molecule has 0 bridgehead atoms. The van der Waals surface area contributed by atoms with Gasteiger partial charge in [-0.1, -0.05) is 18.5 Å². The van der Waals surface area contributed by atoms with Gasteiger partial charge in [0.1, 0.15) is 6.10 Å². The highest BCUT2D eigenvalue weighted by atomic mass is 35.5. The molecule has 2 atom stereocenters. The first-order valence-corrected chi connectivity index (χ1v) is 7.61. The van der Waals surface area contributed by atoms with Crippen molar-refractivity contribution in [3.05, 3.63) is 50.9 Å². The molecule has 1 heterocycles. The van der Waals surface area contributed by atoms with Gasteiger partial charge in [-0.05, 0) is 36.8 Å². The maximum absolute atomic E-state index is 13.9. The highest BCUT2D eigenvalue weighted by Gasteiger charge is 2.23. The van der Waals surface area contributed by atoms with E-state index in [4.69, 9.17) is 27.3 Å². The Balaban J connectivity index is 2.29. The summed E-state index contributed by atoms with van der Waals surface area (Å²) in [7, 11) is 0. The lowest BCUT2D eigenvalue weighted by Crippen LogP contribution is -2.31. The molecular formula is C15H14ClFN2OS. The van der Waals surface area contributed by atoms with Crippen molar-refractivity contribution in [1.82, 2.24) is 0 Å². The summed E-state index contributed by atoms with van der Waals surface area (Å²) in [4.78, 5) is 0.845. The second-order valence-electron chi connectivity index (χ2n) is 4.51. The van der Waals surface area contributed by atoms with E-state index < -0.39 is 11.9 Å². The minimum atomic E-state index is -0.579. The number of benzene rings is 1. The highest BCUT2D eigenvalue weighted by molar-refractivity contribution is 7.16. The topological polar surface area (TPSA) is 59.0 Å². The summed E-state index contributed by atoms with van der Waals surface area (Å²) in [6.45, 7) is 1.94. The van der Waals surface area contributed by atoms with Crippen molar-refractivity contribution in [2.45, 2.75) is 25.5 Å². The van der Waals surface area contributed by atoms with Crippen molar-refractivity contribution in [2.24, 2.45) is 5.73 Å². The third kappa shape index (κ3) is 3.73. The summed E-state index contributed by atoms with van der Waals surface area (Å²) in [5.41, 5.74) is 6.32. The molecule has 2 unspecified atom stereocenters. The maximum Gasteiger partial charge on any atom is 0.166 e. The number of halogens is 2. The lowest BCUT2D eigenvalue weighted by atomic mass is 10.1. The van der Waals surface area contributed by atoms with Crippen molar-refractivity contribution in [1.29, 1.82) is 5.26 Å². The molecule has 0 amide bonds. The quantitative estimate of drug-likeness (QED) is 0.893. The molecule has 3 nitrogen and oxygen atoms in total. The number of ether oxygens (including phenoxy) is 1. The summed E-state index contributed by atoms with van der Waals surface area (Å²) in [6, 6.07) is 9.28. The Morgan fingerprint density at radius 3 is 2.71 bits per heavy atom. The van der Waals surface area contributed by atoms with Crippen LogP contribution in [-0.4, -0.2) is 6.04 Å². The molecule has 0 aliphatic heterocycles. The Morgan fingerprint density at radius 1 is 1.43 bits per heavy atom. The molecule has 0 radical (unpaired) electrons. The molecule has 21 heavy (non-hydrogen) atoms. The van der Waals surface area contributed by atoms with Gasteiger partial charge in [0.25, 0.3) is 0 Å². The molecule has 1 aromatic carbocycles. The number of nitriles is 1. The van der Waals surface area contributed by atoms with Crippen LogP contribution in [0.15, 0.2) is 30.3 Å². The molecule has 110 valence electrons. The normalized spacial score (nSPS) is 13.5. The second kappa shape index (κ2) is 6.90. The van der Waals surface area contributed by atoms with E-state index in [1.807, 2.05) is 19.1 Å². The number of nitrogens with zero attached hydrogens (tertiary/aromatic N) is 1. The van der Waals surface area contributed by atoms with Gasteiger partial charge < -0.3 is 10.5 Å². The van der Waals surface area contributed by atoms with Crippen LogP contribution in [0.2, 0.25) is 4.34 Å². The average molecular weight is 325 g/mol. The highest BCUT2D eigenvalue weighted by Crippen LogP contribution is 2.33. The molecule has 0 saturated carbocycles. The molecule has 2 N–H and O–H groups in total. The Hall–Kier alpha value is -1.61. The van der Waals surface area contributed by atoms with Crippen molar-refractivity contribution >= 4 is 22.9 Å². The van der Waals surface area contributed by atoms with E-state index in [2.05, 4.69) is 0 Å². The van der Waals surface area contributed by atoms with Gasteiger partial charge in [-0.3, -0.25) is 0 Å². The third-order valence-electron chi connectivity index (χ3n) is 3.05. The Bertz CT molecular complexity index is 668. The van der Waals surface area contributed by atoms with Crippen LogP contribution in [0, 0.1) is 17.1 Å². The Labute approximate surface area is 131 Å². The molecule has 0 saturated heterocycles. The lowest BCUT2D eigenvalue weighted by molar-refractivity contribution is 0.167. The van der Waals surface area contributed by atoms with Crippen LogP contribution in [0.3, 0.4) is 0 Å². The number of hydrogen-bond acceptors (Lipinski definition) is 4. The first kappa shape index (κ1) is 15.8. The van der Waals surface area contributed by atoms with E-state index in [-0.39, 0.29) is 17.4 Å². The van der Waals surface area contributed by atoms with Gasteiger partial charge in [-0.25, -0.2) is 4.39 Å². The van der Waals surface area contributed by atoms with Crippen molar-refractivity contribution in [2.75, 3.05) is 0 Å². The van der Waals surface area contributed by atoms with E-state index in [1.54, 1.807) is 6.07 Å². The summed E-state index contributed by atoms with van der Waals surface area (Å²) < 4.78 is 20.3. The number of rotatable bonds is 5. The van der Waals surface area contributed by atoms with Gasteiger partial charge in [0, 0.05) is 10.9 Å². The maximum atomic E-state index is 13.9. The van der Waals surface area contributed by atoms with Gasteiger partial charge in [0.15, 0.2) is 11.6 Å². The zero-order valence-corrected chi connectivity index (χ0v) is 12.9. The van der Waals surface area contributed by atoms with Crippen LogP contribution in [0.25, 0.3) is 0 Å². The summed E-state index contributed by atoms with van der Waals surface area (Å²) in [5.74, 6) is -0.502. The van der Waals surface area contributed by atoms with Gasteiger partial charge in [0.05, 0.1) is 16.0 Å². The molecule has 0 aliphatic carbocycles. The van der Waals surface area contributed by atoms with Gasteiger partial charge in [-0.2, -0.15) is 5.26 Å². The summed E-state index contributed by atoms with van der Waals surface area (Å²) in [6.07, 6.45) is 0.202. The van der Waals surface area contributed by atoms with Crippen molar-refractivity contribution in [3.8, 4) is 11.8 Å². The molecule has 6 heteroatoms. The van der Waals surface area contributed by atoms with Crippen LogP contribution in [-0.2, 0) is 0 Å². The molecule has 0 aliphatic rings. The zero-order valence-electron chi connectivity index (χ0n) is 11.3. The van der Waals surface area contributed by atoms with Crippen LogP contribution >= 0.6 is 22.9 Å². The van der Waals surface area contributed by atoms with Crippen LogP contribution in [0.5, 0.6) is 5.75 Å². The molecule has 2 rings (SSSR count). The first-order valence-electron chi connectivity index (χ1n) is 6.42. The first-order chi connectivity index (χ1) is 10.0. The summed E-state index contributed by atoms with van der Waals surface area (Å²) in [5, 5.41) is 8.75. The molecule has 2 aromatic rings. The van der Waals surface area contributed by atoms with Gasteiger partial charge >= 0.3 is 0 Å². The average Bonchev–Trinajstić information content (AvgIpc) is 2.91. The predicted octanol–water partition coefficient (Wildman–Crippen LogP) is 4.27.